The Kier molecular flexibility index (Phi) is 6.26. The number of benzene rings is 3. The first-order chi connectivity index (χ1) is 16.0. The van der Waals surface area contributed by atoms with Gasteiger partial charge in [-0.3, -0.25) is 14.2 Å². The van der Waals surface area contributed by atoms with Crippen LogP contribution in [0.2, 0.25) is 0 Å². The average molecular weight is 444 g/mol. The molecule has 1 N–H and O–H groups in total. The van der Waals surface area contributed by atoms with Crippen molar-refractivity contribution in [3.63, 3.8) is 0 Å². The van der Waals surface area contributed by atoms with Gasteiger partial charge >= 0.3 is 5.69 Å². The quantitative estimate of drug-likeness (QED) is 0.496. The third-order valence-corrected chi connectivity index (χ3v) is 5.24. The van der Waals surface area contributed by atoms with Crippen molar-refractivity contribution >= 4 is 5.91 Å². The summed E-state index contributed by atoms with van der Waals surface area (Å²) >= 11 is 0. The molecule has 8 heteroatoms. The van der Waals surface area contributed by atoms with Crippen LogP contribution in [0, 0.1) is 12.7 Å². The number of rotatable bonds is 6. The number of aryl methyl sites for hydroxylation is 1. The van der Waals surface area contributed by atoms with E-state index in [4.69, 9.17) is 0 Å². The Hall–Kier alpha value is -4.33. The Labute approximate surface area is 188 Å². The predicted octanol–water partition coefficient (Wildman–Crippen LogP) is 2.82. The molecule has 0 bridgehead atoms. The second kappa shape index (κ2) is 9.44. The minimum Gasteiger partial charge on any atom is -0.346 e. The molecular formula is C25H21FN4O3. The SMILES string of the molecule is Cc1ccccc1Cn1c(=O)c(C(=O)NCc2ccccc2)nn(-c2ccccc2F)c1=O. The molecule has 0 unspecified atom stereocenters. The Morgan fingerprint density at radius 2 is 1.61 bits per heavy atom. The first kappa shape index (κ1) is 21.9. The fraction of sp³-hybridized carbons (Fsp3) is 0.120. The zero-order chi connectivity index (χ0) is 23.4. The standard InChI is InChI=1S/C25H21FN4O3/c1-17-9-5-6-12-19(17)16-29-24(32)22(23(31)27-15-18-10-3-2-4-11-18)28-30(25(29)33)21-14-8-7-13-20(21)26/h2-14H,15-16H2,1H3,(H,27,31). The first-order valence-corrected chi connectivity index (χ1v) is 10.3. The number of nitrogens with zero attached hydrogens (tertiary/aromatic N) is 3. The van der Waals surface area contributed by atoms with Crippen LogP contribution in [0.1, 0.15) is 27.2 Å². The van der Waals surface area contributed by atoms with Crippen molar-refractivity contribution in [2.45, 2.75) is 20.0 Å². The molecule has 0 saturated heterocycles. The summed E-state index contributed by atoms with van der Waals surface area (Å²) in [5.41, 5.74) is 0.0788. The van der Waals surface area contributed by atoms with E-state index >= 15 is 0 Å². The summed E-state index contributed by atoms with van der Waals surface area (Å²) in [5.74, 6) is -1.46. The molecule has 4 aromatic rings. The summed E-state index contributed by atoms with van der Waals surface area (Å²) in [5, 5.41) is 6.61. The highest BCUT2D eigenvalue weighted by molar-refractivity contribution is 5.91. The number of para-hydroxylation sites is 1. The van der Waals surface area contributed by atoms with Crippen LogP contribution in [0.5, 0.6) is 0 Å². The molecule has 0 aliphatic carbocycles. The molecule has 0 saturated carbocycles. The smallest absolute Gasteiger partial charge is 0.346 e. The molecule has 3 aromatic carbocycles. The molecule has 0 fully saturated rings. The lowest BCUT2D eigenvalue weighted by Gasteiger charge is -2.13. The van der Waals surface area contributed by atoms with Crippen LogP contribution in [-0.2, 0) is 13.1 Å². The van der Waals surface area contributed by atoms with Gasteiger partial charge in [0.2, 0.25) is 5.69 Å². The molecule has 0 aliphatic rings. The number of carbonyl (C=O) groups is 1. The third kappa shape index (κ3) is 4.64. The van der Waals surface area contributed by atoms with Gasteiger partial charge in [0, 0.05) is 6.54 Å². The molecule has 7 nitrogen and oxygen atoms in total. The second-order valence-electron chi connectivity index (χ2n) is 7.48. The molecule has 1 heterocycles. The zero-order valence-electron chi connectivity index (χ0n) is 17.9. The minimum absolute atomic E-state index is 0.0831. The number of hydrogen-bond donors (Lipinski definition) is 1. The van der Waals surface area contributed by atoms with E-state index < -0.39 is 28.7 Å². The van der Waals surface area contributed by atoms with E-state index in [-0.39, 0.29) is 18.8 Å². The monoisotopic (exact) mass is 444 g/mol. The van der Waals surface area contributed by atoms with E-state index in [1.54, 1.807) is 18.2 Å². The predicted molar refractivity (Wildman–Crippen MR) is 122 cm³/mol. The van der Waals surface area contributed by atoms with Crippen molar-refractivity contribution in [2.24, 2.45) is 0 Å². The van der Waals surface area contributed by atoms with Crippen LogP contribution < -0.4 is 16.6 Å². The lowest BCUT2D eigenvalue weighted by atomic mass is 10.1. The summed E-state index contributed by atoms with van der Waals surface area (Å²) in [4.78, 5) is 39.2. The first-order valence-electron chi connectivity index (χ1n) is 10.3. The van der Waals surface area contributed by atoms with Crippen LogP contribution in [-0.4, -0.2) is 20.3 Å². The van der Waals surface area contributed by atoms with Crippen LogP contribution in [0.25, 0.3) is 5.69 Å². The Balaban J connectivity index is 1.82. The number of hydrogen-bond acceptors (Lipinski definition) is 4. The van der Waals surface area contributed by atoms with E-state index in [1.807, 2.05) is 49.4 Å². The zero-order valence-corrected chi connectivity index (χ0v) is 17.9. The van der Waals surface area contributed by atoms with Gasteiger partial charge in [-0.25, -0.2) is 9.18 Å². The van der Waals surface area contributed by atoms with Gasteiger partial charge in [0.05, 0.1) is 6.54 Å². The van der Waals surface area contributed by atoms with Crippen molar-refractivity contribution < 1.29 is 9.18 Å². The van der Waals surface area contributed by atoms with Gasteiger partial charge in [-0.15, -0.1) is 0 Å². The molecule has 1 aromatic heterocycles. The van der Waals surface area contributed by atoms with E-state index in [0.717, 1.165) is 25.9 Å². The largest absolute Gasteiger partial charge is 0.352 e. The van der Waals surface area contributed by atoms with E-state index in [9.17, 15) is 18.8 Å². The highest BCUT2D eigenvalue weighted by Gasteiger charge is 2.21. The lowest BCUT2D eigenvalue weighted by molar-refractivity contribution is 0.0941. The van der Waals surface area contributed by atoms with Gasteiger partial charge in [0.15, 0.2) is 0 Å². The Morgan fingerprint density at radius 1 is 0.939 bits per heavy atom. The van der Waals surface area contributed by atoms with Gasteiger partial charge in [-0.2, -0.15) is 9.78 Å². The molecule has 33 heavy (non-hydrogen) atoms. The van der Waals surface area contributed by atoms with Crippen LogP contribution in [0.3, 0.4) is 0 Å². The topological polar surface area (TPSA) is 86.0 Å². The molecule has 0 atom stereocenters. The molecule has 166 valence electrons. The summed E-state index contributed by atoms with van der Waals surface area (Å²) in [6, 6.07) is 22.0. The maximum atomic E-state index is 14.5. The lowest BCUT2D eigenvalue weighted by Crippen LogP contribution is -2.46. The normalized spacial score (nSPS) is 10.7. The molecule has 4 rings (SSSR count). The van der Waals surface area contributed by atoms with Crippen molar-refractivity contribution in [1.82, 2.24) is 19.7 Å². The minimum atomic E-state index is -0.846. The van der Waals surface area contributed by atoms with Crippen molar-refractivity contribution in [3.8, 4) is 5.69 Å². The van der Waals surface area contributed by atoms with Gasteiger partial charge in [-0.05, 0) is 35.7 Å². The van der Waals surface area contributed by atoms with Gasteiger partial charge in [0.25, 0.3) is 11.5 Å². The molecule has 0 aliphatic heterocycles. The molecule has 0 radical (unpaired) electrons. The Morgan fingerprint density at radius 3 is 2.33 bits per heavy atom. The number of halogens is 1. The summed E-state index contributed by atoms with van der Waals surface area (Å²) in [7, 11) is 0. The Bertz CT molecular complexity index is 1430. The van der Waals surface area contributed by atoms with Crippen molar-refractivity contribution in [2.75, 3.05) is 0 Å². The van der Waals surface area contributed by atoms with E-state index in [0.29, 0.717) is 0 Å². The van der Waals surface area contributed by atoms with Crippen LogP contribution in [0.15, 0.2) is 88.5 Å². The number of amides is 1. The highest BCUT2D eigenvalue weighted by Crippen LogP contribution is 2.10. The van der Waals surface area contributed by atoms with Gasteiger partial charge < -0.3 is 5.32 Å². The second-order valence-corrected chi connectivity index (χ2v) is 7.48. The van der Waals surface area contributed by atoms with E-state index in [2.05, 4.69) is 10.4 Å². The van der Waals surface area contributed by atoms with Gasteiger partial charge in [0.1, 0.15) is 11.5 Å². The highest BCUT2D eigenvalue weighted by atomic mass is 19.1. The van der Waals surface area contributed by atoms with Crippen LogP contribution in [0.4, 0.5) is 4.39 Å². The average Bonchev–Trinajstić information content (AvgIpc) is 2.83. The fourth-order valence-corrected chi connectivity index (χ4v) is 3.40. The maximum Gasteiger partial charge on any atom is 0.352 e. The van der Waals surface area contributed by atoms with E-state index in [1.165, 1.54) is 18.2 Å². The van der Waals surface area contributed by atoms with Crippen molar-refractivity contribution in [1.29, 1.82) is 0 Å². The van der Waals surface area contributed by atoms with Crippen molar-refractivity contribution in [3.05, 3.63) is 128 Å². The number of aromatic nitrogens is 3. The number of nitrogens with one attached hydrogen (secondary N) is 1. The maximum absolute atomic E-state index is 14.5. The summed E-state index contributed by atoms with van der Waals surface area (Å²) < 4.78 is 16.2. The molecule has 1 amide bonds. The van der Waals surface area contributed by atoms with Crippen LogP contribution >= 0.6 is 0 Å². The van der Waals surface area contributed by atoms with Gasteiger partial charge in [-0.1, -0.05) is 66.7 Å². The number of carbonyl (C=O) groups excluding carboxylic acids is 1. The summed E-state index contributed by atoms with van der Waals surface area (Å²) in [6.45, 7) is 1.93. The molecular weight excluding hydrogens is 423 g/mol. The fourth-order valence-electron chi connectivity index (χ4n) is 3.40. The third-order valence-electron chi connectivity index (χ3n) is 5.24. The molecule has 0 spiro atoms. The summed E-state index contributed by atoms with van der Waals surface area (Å²) in [6.07, 6.45) is 0.